The molecule has 2 aromatic rings. The van der Waals surface area contributed by atoms with Crippen LogP contribution in [0.15, 0.2) is 36.5 Å². The monoisotopic (exact) mass is 370 g/mol. The number of nitrogens with one attached hydrogen (secondary N) is 2. The molecule has 0 spiro atoms. The number of carbonyl (C=O) groups is 2. The lowest BCUT2D eigenvalue weighted by Crippen LogP contribution is -2.36. The third kappa shape index (κ3) is 3.75. The van der Waals surface area contributed by atoms with E-state index in [0.717, 1.165) is 18.9 Å². The second-order valence-electron chi connectivity index (χ2n) is 6.53. The Balaban J connectivity index is 1.48. The van der Waals surface area contributed by atoms with Crippen molar-refractivity contribution < 1.29 is 18.7 Å². The minimum Gasteiger partial charge on any atom is -0.378 e. The fourth-order valence-electron chi connectivity index (χ4n) is 3.34. The Morgan fingerprint density at radius 3 is 2.81 bits per heavy atom. The number of aromatic nitrogens is 1. The Morgan fingerprint density at radius 2 is 2.07 bits per heavy atom. The fourth-order valence-corrected chi connectivity index (χ4v) is 3.34. The van der Waals surface area contributed by atoms with E-state index in [0.29, 0.717) is 30.2 Å². The predicted molar refractivity (Wildman–Crippen MR) is 98.3 cm³/mol. The van der Waals surface area contributed by atoms with Crippen LogP contribution in [-0.2, 0) is 14.3 Å². The number of rotatable bonds is 3. The van der Waals surface area contributed by atoms with Crippen LogP contribution in [0, 0.1) is 5.82 Å². The smallest absolute Gasteiger partial charge is 0.232 e. The number of morpholine rings is 1. The summed E-state index contributed by atoms with van der Waals surface area (Å²) in [5.41, 5.74) is 1.49. The molecule has 1 fully saturated rings. The molecule has 7 nitrogen and oxygen atoms in total. The van der Waals surface area contributed by atoms with Crippen molar-refractivity contribution in [3.05, 3.63) is 47.9 Å². The number of pyridine rings is 1. The van der Waals surface area contributed by atoms with Gasteiger partial charge in [-0.3, -0.25) is 9.59 Å². The number of hydrogen-bond donors (Lipinski definition) is 2. The molecule has 140 valence electrons. The van der Waals surface area contributed by atoms with Gasteiger partial charge in [0.1, 0.15) is 11.6 Å². The molecule has 0 saturated carbocycles. The minimum absolute atomic E-state index is 0.0176. The van der Waals surface area contributed by atoms with Crippen LogP contribution in [0.5, 0.6) is 0 Å². The quantitative estimate of drug-likeness (QED) is 0.865. The molecule has 1 saturated heterocycles. The summed E-state index contributed by atoms with van der Waals surface area (Å²) in [5, 5.41) is 5.41. The van der Waals surface area contributed by atoms with Crippen LogP contribution < -0.4 is 15.5 Å². The lowest BCUT2D eigenvalue weighted by molar-refractivity contribution is -0.123. The van der Waals surface area contributed by atoms with Crippen LogP contribution in [0.25, 0.3) is 0 Å². The lowest BCUT2D eigenvalue weighted by atomic mass is 9.89. The standard InChI is InChI=1S/C19H19FN4O3/c20-12-1-3-14-15(10-18(25)23-16(14)9-12)19(26)22-13-2-4-17(21-11-13)24-5-7-27-8-6-24/h1-4,9,11,15H,5-8,10H2,(H,22,26)(H,23,25). The van der Waals surface area contributed by atoms with Crippen LogP contribution >= 0.6 is 0 Å². The van der Waals surface area contributed by atoms with Crippen molar-refractivity contribution in [2.24, 2.45) is 0 Å². The van der Waals surface area contributed by atoms with Crippen molar-refractivity contribution in [1.29, 1.82) is 0 Å². The summed E-state index contributed by atoms with van der Waals surface area (Å²) < 4.78 is 18.7. The number of nitrogens with zero attached hydrogens (tertiary/aromatic N) is 2. The van der Waals surface area contributed by atoms with E-state index >= 15 is 0 Å². The summed E-state index contributed by atoms with van der Waals surface area (Å²) >= 11 is 0. The van der Waals surface area contributed by atoms with E-state index in [-0.39, 0.29) is 18.2 Å². The van der Waals surface area contributed by atoms with Gasteiger partial charge in [-0.15, -0.1) is 0 Å². The van der Waals surface area contributed by atoms with E-state index in [1.54, 1.807) is 12.3 Å². The van der Waals surface area contributed by atoms with Crippen molar-refractivity contribution in [3.63, 3.8) is 0 Å². The highest BCUT2D eigenvalue weighted by Gasteiger charge is 2.31. The molecule has 1 aromatic heterocycles. The van der Waals surface area contributed by atoms with Crippen LogP contribution in [0.1, 0.15) is 17.9 Å². The Labute approximate surface area is 155 Å². The molecule has 27 heavy (non-hydrogen) atoms. The average Bonchev–Trinajstić information content (AvgIpc) is 2.68. The van der Waals surface area contributed by atoms with Gasteiger partial charge in [-0.1, -0.05) is 6.07 Å². The first-order valence-electron chi connectivity index (χ1n) is 8.79. The van der Waals surface area contributed by atoms with Gasteiger partial charge in [-0.05, 0) is 29.8 Å². The summed E-state index contributed by atoms with van der Waals surface area (Å²) in [6.45, 7) is 2.90. The van der Waals surface area contributed by atoms with E-state index in [2.05, 4.69) is 20.5 Å². The molecule has 2 aliphatic heterocycles. The first kappa shape index (κ1) is 17.4. The van der Waals surface area contributed by atoms with E-state index in [1.807, 2.05) is 6.07 Å². The molecule has 8 heteroatoms. The van der Waals surface area contributed by atoms with E-state index in [4.69, 9.17) is 4.74 Å². The van der Waals surface area contributed by atoms with Gasteiger partial charge in [-0.25, -0.2) is 9.37 Å². The van der Waals surface area contributed by atoms with Gasteiger partial charge in [0, 0.05) is 25.2 Å². The SMILES string of the molecule is O=C1CC(C(=O)Nc2ccc(N3CCOCC3)nc2)c2ccc(F)cc2N1. The highest BCUT2D eigenvalue weighted by Crippen LogP contribution is 2.33. The number of fused-ring (bicyclic) bond motifs is 1. The van der Waals surface area contributed by atoms with E-state index < -0.39 is 11.7 Å². The number of hydrogen-bond acceptors (Lipinski definition) is 5. The predicted octanol–water partition coefficient (Wildman–Crippen LogP) is 2.12. The summed E-state index contributed by atoms with van der Waals surface area (Å²) in [6, 6.07) is 7.68. The zero-order valence-corrected chi connectivity index (χ0v) is 14.6. The molecule has 3 heterocycles. The summed E-state index contributed by atoms with van der Waals surface area (Å²) in [5.74, 6) is -0.937. The maximum absolute atomic E-state index is 13.4. The van der Waals surface area contributed by atoms with Gasteiger partial charge in [0.15, 0.2) is 0 Å². The number of anilines is 3. The molecule has 2 N–H and O–H groups in total. The number of carbonyl (C=O) groups excluding carboxylic acids is 2. The maximum Gasteiger partial charge on any atom is 0.232 e. The fraction of sp³-hybridized carbons (Fsp3) is 0.316. The van der Waals surface area contributed by atoms with Gasteiger partial charge in [0.2, 0.25) is 11.8 Å². The van der Waals surface area contributed by atoms with Crippen LogP contribution in [0.4, 0.5) is 21.6 Å². The Bertz CT molecular complexity index is 866. The zero-order chi connectivity index (χ0) is 18.8. The molecule has 2 amide bonds. The first-order valence-corrected chi connectivity index (χ1v) is 8.79. The normalized spacial score (nSPS) is 19.2. The Hall–Kier alpha value is -3.00. The van der Waals surface area contributed by atoms with Gasteiger partial charge >= 0.3 is 0 Å². The number of halogens is 1. The Kier molecular flexibility index (Phi) is 4.72. The van der Waals surface area contributed by atoms with Crippen LogP contribution in [-0.4, -0.2) is 43.1 Å². The van der Waals surface area contributed by atoms with E-state index in [9.17, 15) is 14.0 Å². The molecule has 2 aliphatic rings. The molecule has 1 aromatic carbocycles. The van der Waals surface area contributed by atoms with Crippen LogP contribution in [0.2, 0.25) is 0 Å². The molecule has 1 atom stereocenters. The molecule has 0 radical (unpaired) electrons. The van der Waals surface area contributed by atoms with Crippen LogP contribution in [0.3, 0.4) is 0 Å². The third-order valence-corrected chi connectivity index (χ3v) is 4.72. The van der Waals surface area contributed by atoms with Gasteiger partial charge < -0.3 is 20.3 Å². The molecule has 0 bridgehead atoms. The summed E-state index contributed by atoms with van der Waals surface area (Å²) in [7, 11) is 0. The Morgan fingerprint density at radius 1 is 1.26 bits per heavy atom. The average molecular weight is 370 g/mol. The highest BCUT2D eigenvalue weighted by molar-refractivity contribution is 6.05. The molecule has 4 rings (SSSR count). The number of amides is 2. The largest absolute Gasteiger partial charge is 0.378 e. The maximum atomic E-state index is 13.4. The van der Waals surface area contributed by atoms with Gasteiger partial charge in [-0.2, -0.15) is 0 Å². The zero-order valence-electron chi connectivity index (χ0n) is 14.6. The van der Waals surface area contributed by atoms with E-state index in [1.165, 1.54) is 18.2 Å². The molecule has 0 aliphatic carbocycles. The van der Waals surface area contributed by atoms with Crippen molar-refractivity contribution in [3.8, 4) is 0 Å². The van der Waals surface area contributed by atoms with Crippen molar-refractivity contribution in [1.82, 2.24) is 4.98 Å². The topological polar surface area (TPSA) is 83.6 Å². The number of ether oxygens (including phenoxy) is 1. The summed E-state index contributed by atoms with van der Waals surface area (Å²) in [4.78, 5) is 31.1. The third-order valence-electron chi connectivity index (χ3n) is 4.72. The minimum atomic E-state index is -0.673. The van der Waals surface area contributed by atoms with Gasteiger partial charge in [0.05, 0.1) is 31.0 Å². The molecule has 1 unspecified atom stereocenters. The lowest BCUT2D eigenvalue weighted by Gasteiger charge is -2.28. The van der Waals surface area contributed by atoms with Crippen molar-refractivity contribution >= 4 is 29.0 Å². The molecular weight excluding hydrogens is 351 g/mol. The first-order chi connectivity index (χ1) is 13.1. The molecular formula is C19H19FN4O3. The van der Waals surface area contributed by atoms with Gasteiger partial charge in [0.25, 0.3) is 0 Å². The second-order valence-corrected chi connectivity index (χ2v) is 6.53. The number of benzene rings is 1. The van der Waals surface area contributed by atoms with Crippen molar-refractivity contribution in [2.75, 3.05) is 41.8 Å². The van der Waals surface area contributed by atoms with Crippen molar-refractivity contribution in [2.45, 2.75) is 12.3 Å². The second kappa shape index (κ2) is 7.32. The highest BCUT2D eigenvalue weighted by atomic mass is 19.1. The summed E-state index contributed by atoms with van der Waals surface area (Å²) in [6.07, 6.45) is 1.61.